The lowest BCUT2D eigenvalue weighted by molar-refractivity contribution is -0.292. The maximum absolute atomic E-state index is 5.94. The monoisotopic (exact) mass is 274 g/mol. The summed E-state index contributed by atoms with van der Waals surface area (Å²) in [6.45, 7) is 11.5. The Morgan fingerprint density at radius 1 is 1.00 bits per heavy atom. The molecule has 1 aliphatic heterocycles. The standard InChI is InChI=1S/C15H30O4/c1-7-14(4,5)19-13-11-17-12(10-18-13)15(8-2,9-3)16-6/h12-13H,7-11H2,1-6H3. The van der Waals surface area contributed by atoms with Crippen molar-refractivity contribution in [2.24, 2.45) is 0 Å². The van der Waals surface area contributed by atoms with E-state index in [9.17, 15) is 0 Å². The van der Waals surface area contributed by atoms with Crippen LogP contribution in [-0.4, -0.2) is 43.9 Å². The first-order valence-corrected chi connectivity index (χ1v) is 7.39. The van der Waals surface area contributed by atoms with Crippen molar-refractivity contribution < 1.29 is 18.9 Å². The second kappa shape index (κ2) is 7.02. The molecule has 0 N–H and O–H groups in total. The minimum Gasteiger partial charge on any atom is -0.375 e. The van der Waals surface area contributed by atoms with Gasteiger partial charge < -0.3 is 18.9 Å². The SMILES string of the molecule is CCC(C)(C)OC1COC(C(CC)(CC)OC)CO1. The van der Waals surface area contributed by atoms with E-state index in [0.29, 0.717) is 13.2 Å². The summed E-state index contributed by atoms with van der Waals surface area (Å²) >= 11 is 0. The number of hydrogen-bond acceptors (Lipinski definition) is 4. The Bertz CT molecular complexity index is 245. The van der Waals surface area contributed by atoms with Crippen molar-refractivity contribution in [1.29, 1.82) is 0 Å². The van der Waals surface area contributed by atoms with Gasteiger partial charge in [0.25, 0.3) is 0 Å². The molecule has 0 amide bonds. The van der Waals surface area contributed by atoms with E-state index in [2.05, 4.69) is 34.6 Å². The summed E-state index contributed by atoms with van der Waals surface area (Å²) in [5, 5.41) is 0. The molecule has 0 aliphatic carbocycles. The van der Waals surface area contributed by atoms with Gasteiger partial charge in [-0.05, 0) is 33.1 Å². The molecule has 2 unspecified atom stereocenters. The Balaban J connectivity index is 2.53. The molecular formula is C15H30O4. The van der Waals surface area contributed by atoms with Crippen molar-refractivity contribution in [3.63, 3.8) is 0 Å². The zero-order valence-corrected chi connectivity index (χ0v) is 13.3. The van der Waals surface area contributed by atoms with Crippen LogP contribution in [0.4, 0.5) is 0 Å². The molecule has 1 saturated heterocycles. The first kappa shape index (κ1) is 16.9. The van der Waals surface area contributed by atoms with Gasteiger partial charge >= 0.3 is 0 Å². The smallest absolute Gasteiger partial charge is 0.181 e. The predicted octanol–water partition coefficient (Wildman–Crippen LogP) is 3.14. The van der Waals surface area contributed by atoms with Gasteiger partial charge in [0.2, 0.25) is 0 Å². The van der Waals surface area contributed by atoms with E-state index >= 15 is 0 Å². The van der Waals surface area contributed by atoms with E-state index in [1.807, 2.05) is 0 Å². The van der Waals surface area contributed by atoms with Crippen LogP contribution in [0.25, 0.3) is 0 Å². The van der Waals surface area contributed by atoms with Crippen molar-refractivity contribution in [1.82, 2.24) is 0 Å². The average Bonchev–Trinajstić information content (AvgIpc) is 2.43. The minimum absolute atomic E-state index is 0.0166. The third kappa shape index (κ3) is 4.15. The molecule has 4 nitrogen and oxygen atoms in total. The van der Waals surface area contributed by atoms with Crippen LogP contribution in [0.2, 0.25) is 0 Å². The topological polar surface area (TPSA) is 36.9 Å². The van der Waals surface area contributed by atoms with Crippen LogP contribution in [0.15, 0.2) is 0 Å². The zero-order valence-electron chi connectivity index (χ0n) is 13.3. The fraction of sp³-hybridized carbons (Fsp3) is 1.00. The van der Waals surface area contributed by atoms with Gasteiger partial charge in [0.05, 0.1) is 24.4 Å². The molecule has 0 spiro atoms. The van der Waals surface area contributed by atoms with Crippen LogP contribution in [0, 0.1) is 0 Å². The molecule has 1 rings (SSSR count). The summed E-state index contributed by atoms with van der Waals surface area (Å²) in [5.74, 6) is 0. The minimum atomic E-state index is -0.269. The number of methoxy groups -OCH3 is 1. The fourth-order valence-electron chi connectivity index (χ4n) is 2.42. The van der Waals surface area contributed by atoms with Gasteiger partial charge in [-0.15, -0.1) is 0 Å². The second-order valence-electron chi connectivity index (χ2n) is 5.79. The summed E-state index contributed by atoms with van der Waals surface area (Å²) in [5.41, 5.74) is -0.417. The lowest BCUT2D eigenvalue weighted by Gasteiger charge is -2.42. The van der Waals surface area contributed by atoms with Crippen LogP contribution in [-0.2, 0) is 18.9 Å². The Morgan fingerprint density at radius 2 is 1.63 bits per heavy atom. The molecular weight excluding hydrogens is 244 g/mol. The molecule has 0 aromatic carbocycles. The van der Waals surface area contributed by atoms with Gasteiger partial charge in [-0.1, -0.05) is 20.8 Å². The lowest BCUT2D eigenvalue weighted by Crippen LogP contribution is -2.53. The maximum atomic E-state index is 5.94. The lowest BCUT2D eigenvalue weighted by atomic mass is 9.90. The first-order valence-electron chi connectivity index (χ1n) is 7.39. The highest BCUT2D eigenvalue weighted by atomic mass is 16.7. The largest absolute Gasteiger partial charge is 0.375 e. The van der Waals surface area contributed by atoms with Crippen molar-refractivity contribution in [2.45, 2.75) is 77.5 Å². The highest BCUT2D eigenvalue weighted by molar-refractivity contribution is 4.88. The highest BCUT2D eigenvalue weighted by Crippen LogP contribution is 2.30. The van der Waals surface area contributed by atoms with Crippen LogP contribution < -0.4 is 0 Å². The van der Waals surface area contributed by atoms with E-state index < -0.39 is 0 Å². The molecule has 4 heteroatoms. The van der Waals surface area contributed by atoms with Gasteiger partial charge in [-0.3, -0.25) is 0 Å². The van der Waals surface area contributed by atoms with E-state index in [1.54, 1.807) is 7.11 Å². The number of ether oxygens (including phenoxy) is 4. The summed E-state index contributed by atoms with van der Waals surface area (Å²) in [4.78, 5) is 0. The predicted molar refractivity (Wildman–Crippen MR) is 75.3 cm³/mol. The van der Waals surface area contributed by atoms with Gasteiger partial charge in [-0.2, -0.15) is 0 Å². The Hall–Kier alpha value is -0.160. The van der Waals surface area contributed by atoms with Crippen molar-refractivity contribution >= 4 is 0 Å². The summed E-state index contributed by atoms with van der Waals surface area (Å²) in [6.07, 6.45) is 2.49. The van der Waals surface area contributed by atoms with Crippen LogP contribution >= 0.6 is 0 Å². The third-order valence-electron chi connectivity index (χ3n) is 4.36. The molecule has 1 heterocycles. The molecule has 0 aromatic rings. The molecule has 2 atom stereocenters. The van der Waals surface area contributed by atoms with Gasteiger partial charge in [0, 0.05) is 7.11 Å². The Kier molecular flexibility index (Phi) is 6.24. The van der Waals surface area contributed by atoms with Gasteiger partial charge in [0.1, 0.15) is 6.10 Å². The highest BCUT2D eigenvalue weighted by Gasteiger charge is 2.40. The molecule has 19 heavy (non-hydrogen) atoms. The van der Waals surface area contributed by atoms with E-state index in [1.165, 1.54) is 0 Å². The van der Waals surface area contributed by atoms with E-state index in [0.717, 1.165) is 19.3 Å². The Morgan fingerprint density at radius 3 is 2.00 bits per heavy atom. The quantitative estimate of drug-likeness (QED) is 0.714. The van der Waals surface area contributed by atoms with Gasteiger partial charge in [-0.25, -0.2) is 0 Å². The molecule has 1 aliphatic rings. The zero-order chi connectivity index (χ0) is 14.5. The number of rotatable bonds is 7. The van der Waals surface area contributed by atoms with Crippen LogP contribution in [0.5, 0.6) is 0 Å². The number of hydrogen-bond donors (Lipinski definition) is 0. The normalized spacial score (nSPS) is 25.6. The summed E-state index contributed by atoms with van der Waals surface area (Å²) < 4.78 is 23.3. The fourth-order valence-corrected chi connectivity index (χ4v) is 2.42. The first-order chi connectivity index (χ1) is 8.93. The summed E-state index contributed by atoms with van der Waals surface area (Å²) in [7, 11) is 1.75. The molecule has 0 bridgehead atoms. The van der Waals surface area contributed by atoms with Gasteiger partial charge in [0.15, 0.2) is 6.29 Å². The molecule has 114 valence electrons. The van der Waals surface area contributed by atoms with E-state index in [-0.39, 0.29) is 23.6 Å². The van der Waals surface area contributed by atoms with E-state index in [4.69, 9.17) is 18.9 Å². The molecule has 0 aromatic heterocycles. The summed E-state index contributed by atoms with van der Waals surface area (Å²) in [6, 6.07) is 0. The van der Waals surface area contributed by atoms with Crippen molar-refractivity contribution in [3.05, 3.63) is 0 Å². The Labute approximate surface area is 117 Å². The van der Waals surface area contributed by atoms with Crippen LogP contribution in [0.3, 0.4) is 0 Å². The third-order valence-corrected chi connectivity index (χ3v) is 4.36. The average molecular weight is 274 g/mol. The maximum Gasteiger partial charge on any atom is 0.181 e. The molecule has 1 fully saturated rings. The van der Waals surface area contributed by atoms with Crippen molar-refractivity contribution in [2.75, 3.05) is 20.3 Å². The molecule has 0 saturated carbocycles. The second-order valence-corrected chi connectivity index (χ2v) is 5.79. The van der Waals surface area contributed by atoms with Crippen LogP contribution in [0.1, 0.15) is 53.9 Å². The molecule has 0 radical (unpaired) electrons. The van der Waals surface area contributed by atoms with Crippen molar-refractivity contribution in [3.8, 4) is 0 Å².